The highest BCUT2D eigenvalue weighted by molar-refractivity contribution is 8.00. The first kappa shape index (κ1) is 30.4. The fraction of sp³-hybridized carbons (Fsp3) is 0.926. The van der Waals surface area contributed by atoms with E-state index in [2.05, 4.69) is 105 Å². The molecule has 0 rings (SSSR count). The molecule has 2 N–H and O–H groups in total. The normalized spacial score (nSPS) is 16.8. The Labute approximate surface area is 199 Å². The molecule has 0 aromatic heterocycles. The molecule has 2 atom stereocenters. The van der Waals surface area contributed by atoms with E-state index in [1.54, 1.807) is 0 Å². The van der Waals surface area contributed by atoms with Crippen LogP contribution in [0.15, 0.2) is 12.2 Å². The Kier molecular flexibility index (Phi) is 14.0. The summed E-state index contributed by atoms with van der Waals surface area (Å²) in [6.45, 7) is 23.2. The molecule has 3 heteroatoms. The van der Waals surface area contributed by atoms with E-state index in [0.29, 0.717) is 16.1 Å². The van der Waals surface area contributed by atoms with E-state index in [-0.39, 0.29) is 11.0 Å². The van der Waals surface area contributed by atoms with Crippen LogP contribution in [0.1, 0.15) is 114 Å². The molecule has 0 aliphatic heterocycles. The van der Waals surface area contributed by atoms with Crippen LogP contribution < -0.4 is 5.73 Å². The third kappa shape index (κ3) is 13.7. The monoisotopic (exact) mass is 457 g/mol. The largest absolute Gasteiger partial charge is 0.324 e. The number of rotatable bonds is 15. The summed E-state index contributed by atoms with van der Waals surface area (Å²) in [5.41, 5.74) is 7.21. The van der Waals surface area contributed by atoms with Gasteiger partial charge in [-0.25, -0.2) is 0 Å². The first-order valence-corrected chi connectivity index (χ1v) is 14.4. The first-order valence-electron chi connectivity index (χ1n) is 12.3. The van der Waals surface area contributed by atoms with Gasteiger partial charge in [-0.15, -0.1) is 0 Å². The Hall–Kier alpha value is 0.400. The van der Waals surface area contributed by atoms with Crippen molar-refractivity contribution in [3.63, 3.8) is 0 Å². The van der Waals surface area contributed by atoms with Crippen LogP contribution in [0.25, 0.3) is 0 Å². The lowest BCUT2D eigenvalue weighted by atomic mass is 9.62. The molecule has 0 radical (unpaired) electrons. The SMILES string of the molecule is CCC/C=C/C(C)(C)C(C)(N)C(CCSCCCCCSC(C)(C)C)CC(C)(C)C. The van der Waals surface area contributed by atoms with Crippen LogP contribution in [0.3, 0.4) is 0 Å². The molecule has 180 valence electrons. The molecular formula is C27H55NS2. The number of hydrogen-bond donors (Lipinski definition) is 1. The summed E-state index contributed by atoms with van der Waals surface area (Å²) < 4.78 is 0.408. The van der Waals surface area contributed by atoms with Gasteiger partial charge in [0.2, 0.25) is 0 Å². The minimum atomic E-state index is -0.199. The predicted octanol–water partition coefficient (Wildman–Crippen LogP) is 8.96. The summed E-state index contributed by atoms with van der Waals surface area (Å²) in [5, 5.41) is 0. The van der Waals surface area contributed by atoms with Crippen molar-refractivity contribution in [2.24, 2.45) is 22.5 Å². The maximum absolute atomic E-state index is 7.10. The van der Waals surface area contributed by atoms with Gasteiger partial charge in [-0.05, 0) is 67.6 Å². The highest BCUT2D eigenvalue weighted by Gasteiger charge is 2.43. The molecular weight excluding hydrogens is 402 g/mol. The molecule has 0 saturated heterocycles. The second-order valence-corrected chi connectivity index (χ2v) is 15.2. The summed E-state index contributed by atoms with van der Waals surface area (Å²) in [6.07, 6.45) is 13.6. The van der Waals surface area contributed by atoms with Gasteiger partial charge in [-0.1, -0.05) is 87.3 Å². The van der Waals surface area contributed by atoms with Crippen molar-refractivity contribution in [2.75, 3.05) is 17.3 Å². The lowest BCUT2D eigenvalue weighted by Gasteiger charge is -2.47. The van der Waals surface area contributed by atoms with Crippen molar-refractivity contribution in [3.8, 4) is 0 Å². The summed E-state index contributed by atoms with van der Waals surface area (Å²) in [4.78, 5) is 0. The Balaban J connectivity index is 4.60. The van der Waals surface area contributed by atoms with Crippen molar-refractivity contribution in [1.82, 2.24) is 0 Å². The zero-order chi connectivity index (χ0) is 23.5. The summed E-state index contributed by atoms with van der Waals surface area (Å²) in [6, 6.07) is 0. The molecule has 2 unspecified atom stereocenters. The van der Waals surface area contributed by atoms with Gasteiger partial charge >= 0.3 is 0 Å². The maximum Gasteiger partial charge on any atom is 0.0241 e. The van der Waals surface area contributed by atoms with Crippen molar-refractivity contribution in [3.05, 3.63) is 12.2 Å². The van der Waals surface area contributed by atoms with E-state index in [1.807, 2.05) is 0 Å². The van der Waals surface area contributed by atoms with Gasteiger partial charge in [-0.3, -0.25) is 0 Å². The first-order chi connectivity index (χ1) is 13.6. The van der Waals surface area contributed by atoms with E-state index in [0.717, 1.165) is 6.42 Å². The molecule has 0 bridgehead atoms. The predicted molar refractivity (Wildman–Crippen MR) is 146 cm³/mol. The third-order valence-electron chi connectivity index (χ3n) is 6.16. The highest BCUT2D eigenvalue weighted by Crippen LogP contribution is 2.43. The van der Waals surface area contributed by atoms with Gasteiger partial charge < -0.3 is 5.73 Å². The number of nitrogens with two attached hydrogens (primary N) is 1. The van der Waals surface area contributed by atoms with Crippen molar-refractivity contribution >= 4 is 23.5 Å². The van der Waals surface area contributed by atoms with Crippen molar-refractivity contribution in [1.29, 1.82) is 0 Å². The lowest BCUT2D eigenvalue weighted by molar-refractivity contribution is 0.113. The fourth-order valence-electron chi connectivity index (χ4n) is 3.79. The molecule has 0 aromatic carbocycles. The van der Waals surface area contributed by atoms with Gasteiger partial charge in [-0.2, -0.15) is 23.5 Å². The van der Waals surface area contributed by atoms with E-state index in [1.165, 1.54) is 55.8 Å². The van der Waals surface area contributed by atoms with Crippen LogP contribution in [0.4, 0.5) is 0 Å². The van der Waals surface area contributed by atoms with E-state index < -0.39 is 0 Å². The topological polar surface area (TPSA) is 26.0 Å². The molecule has 30 heavy (non-hydrogen) atoms. The van der Waals surface area contributed by atoms with Gasteiger partial charge in [0.1, 0.15) is 0 Å². The highest BCUT2D eigenvalue weighted by atomic mass is 32.2. The zero-order valence-corrected chi connectivity index (χ0v) is 23.8. The summed E-state index contributed by atoms with van der Waals surface area (Å²) in [5.74, 6) is 4.37. The second-order valence-electron chi connectivity index (χ2n) is 12.1. The fourth-order valence-corrected chi connectivity index (χ4v) is 5.82. The molecule has 0 aliphatic carbocycles. The number of unbranched alkanes of at least 4 members (excludes halogenated alkanes) is 3. The lowest BCUT2D eigenvalue weighted by Crippen LogP contribution is -2.56. The standard InChI is InChI=1S/C27H55NS2/c1-11-12-14-18-26(8,9)27(10,28)23(22-24(2,3)4)17-21-29-19-15-13-16-20-30-25(5,6)7/h14,18,23H,11-13,15-17,19-22,28H2,1-10H3/b18-14+. The van der Waals surface area contributed by atoms with Crippen LogP contribution in [-0.2, 0) is 0 Å². The van der Waals surface area contributed by atoms with Gasteiger partial charge in [0, 0.05) is 15.7 Å². The summed E-state index contributed by atoms with van der Waals surface area (Å²) in [7, 11) is 0. The quantitative estimate of drug-likeness (QED) is 0.196. The van der Waals surface area contributed by atoms with Crippen molar-refractivity contribution < 1.29 is 0 Å². The number of hydrogen-bond acceptors (Lipinski definition) is 3. The van der Waals surface area contributed by atoms with Gasteiger partial charge in [0.15, 0.2) is 0 Å². The molecule has 0 heterocycles. The van der Waals surface area contributed by atoms with Crippen LogP contribution in [0.2, 0.25) is 0 Å². The number of allylic oxidation sites excluding steroid dienone is 1. The molecule has 0 aromatic rings. The third-order valence-corrected chi connectivity index (χ3v) is 8.62. The molecule has 0 saturated carbocycles. The second kappa shape index (κ2) is 13.8. The van der Waals surface area contributed by atoms with Gasteiger partial charge in [0.05, 0.1) is 0 Å². The Morgan fingerprint density at radius 1 is 0.833 bits per heavy atom. The minimum Gasteiger partial charge on any atom is -0.324 e. The molecule has 0 aliphatic rings. The van der Waals surface area contributed by atoms with Crippen LogP contribution in [0.5, 0.6) is 0 Å². The van der Waals surface area contributed by atoms with Crippen LogP contribution in [0, 0.1) is 16.7 Å². The summed E-state index contributed by atoms with van der Waals surface area (Å²) >= 11 is 4.24. The van der Waals surface area contributed by atoms with E-state index in [4.69, 9.17) is 5.73 Å². The minimum absolute atomic E-state index is 0.00742. The smallest absolute Gasteiger partial charge is 0.0241 e. The molecule has 0 amide bonds. The average Bonchev–Trinajstić information content (AvgIpc) is 2.57. The Bertz CT molecular complexity index is 466. The Morgan fingerprint density at radius 2 is 1.43 bits per heavy atom. The number of thioether (sulfide) groups is 2. The molecule has 1 nitrogen and oxygen atoms in total. The van der Waals surface area contributed by atoms with E-state index in [9.17, 15) is 0 Å². The van der Waals surface area contributed by atoms with Crippen molar-refractivity contribution in [2.45, 2.75) is 124 Å². The van der Waals surface area contributed by atoms with Crippen LogP contribution >= 0.6 is 23.5 Å². The maximum atomic E-state index is 7.10. The average molecular weight is 458 g/mol. The Morgan fingerprint density at radius 3 is 1.97 bits per heavy atom. The van der Waals surface area contributed by atoms with Crippen LogP contribution in [-0.4, -0.2) is 27.5 Å². The molecule has 0 fully saturated rings. The van der Waals surface area contributed by atoms with E-state index >= 15 is 0 Å². The zero-order valence-electron chi connectivity index (χ0n) is 22.2. The molecule has 0 spiro atoms. The van der Waals surface area contributed by atoms with Gasteiger partial charge in [0.25, 0.3) is 0 Å².